The highest BCUT2D eigenvalue weighted by molar-refractivity contribution is 7.61. The normalized spacial score (nSPS) is 8.14. The topological polar surface area (TPSA) is 66.7 Å². The van der Waals surface area contributed by atoms with Crippen LogP contribution in [0.2, 0.25) is 0 Å². The second kappa shape index (κ2) is 3.76. The molecule has 0 aromatic carbocycles. The Morgan fingerprint density at radius 3 is 2.29 bits per heavy atom. The zero-order valence-electron chi connectivity index (χ0n) is 3.53. The Balaban J connectivity index is 3.49. The van der Waals surface area contributed by atoms with Gasteiger partial charge < -0.3 is 5.11 Å². The third kappa shape index (κ3) is 5.58. The van der Waals surface area contributed by atoms with Crippen molar-refractivity contribution in [1.82, 2.24) is 0 Å². The van der Waals surface area contributed by atoms with Gasteiger partial charge in [0.2, 0.25) is 0 Å². The van der Waals surface area contributed by atoms with Gasteiger partial charge in [-0.05, 0) is 0 Å². The van der Waals surface area contributed by atoms with Gasteiger partial charge in [0.15, 0.2) is 0 Å². The van der Waals surface area contributed by atoms with Crippen LogP contribution < -0.4 is 0 Å². The average molecular weight is 123 g/mol. The average Bonchev–Trinajstić information content (AvgIpc) is 1.61. The van der Waals surface area contributed by atoms with Crippen molar-refractivity contribution in [2.45, 2.75) is 0 Å². The molecule has 0 aromatic heterocycles. The van der Waals surface area contributed by atoms with E-state index in [1.165, 1.54) is 0 Å². The molecule has 42 valence electrons. The Hall–Kier alpha value is -0.420. The maximum absolute atomic E-state index is 9.48. The second-order valence-electron chi connectivity index (χ2n) is 0.793. The Morgan fingerprint density at radius 1 is 1.57 bits per heavy atom. The van der Waals surface area contributed by atoms with Gasteiger partial charge in [0, 0.05) is 0 Å². The molecule has 0 bridgehead atoms. The van der Waals surface area contributed by atoms with Crippen molar-refractivity contribution in [3.63, 3.8) is 0 Å². The van der Waals surface area contributed by atoms with Gasteiger partial charge >= 0.3 is 10.5 Å². The van der Waals surface area contributed by atoms with E-state index < -0.39 is 10.5 Å². The van der Waals surface area contributed by atoms with E-state index in [4.69, 9.17) is 5.11 Å². The van der Waals surface area contributed by atoms with E-state index in [-0.39, 0.29) is 13.2 Å². The van der Waals surface area contributed by atoms with Gasteiger partial charge in [-0.15, -0.1) is 0 Å². The third-order valence-corrected chi connectivity index (χ3v) is 0.690. The van der Waals surface area contributed by atoms with Crippen LogP contribution in [0.3, 0.4) is 0 Å². The summed E-state index contributed by atoms with van der Waals surface area (Å²) in [5, 5.41) is 7.95. The summed E-state index contributed by atoms with van der Waals surface area (Å²) in [5.74, 6) is 0. The highest BCUT2D eigenvalue weighted by Gasteiger charge is 1.71. The molecule has 0 aromatic rings. The first kappa shape index (κ1) is 6.58. The molecule has 0 aliphatic rings. The summed E-state index contributed by atoms with van der Waals surface area (Å²) in [6.07, 6.45) is 0. The molecule has 7 heavy (non-hydrogen) atoms. The van der Waals surface area contributed by atoms with Crippen LogP contribution in [-0.4, -0.2) is 26.7 Å². The summed E-state index contributed by atoms with van der Waals surface area (Å²) in [6.45, 7) is -0.246. The molecule has 0 atom stereocenters. The zero-order valence-corrected chi connectivity index (χ0v) is 4.35. The van der Waals surface area contributed by atoms with Crippen LogP contribution in [0.5, 0.6) is 0 Å². The molecule has 0 saturated carbocycles. The number of rotatable bonds is 2. The maximum Gasteiger partial charge on any atom is 0.311 e. The van der Waals surface area contributed by atoms with Gasteiger partial charge in [0.25, 0.3) is 0 Å². The largest absolute Gasteiger partial charge is 0.394 e. The van der Waals surface area contributed by atoms with E-state index in [1.54, 1.807) is 0 Å². The molecule has 0 aliphatic heterocycles. The zero-order chi connectivity index (χ0) is 5.70. The van der Waals surface area contributed by atoms with Crippen molar-refractivity contribution in [2.24, 2.45) is 4.36 Å². The highest BCUT2D eigenvalue weighted by atomic mass is 32.2. The van der Waals surface area contributed by atoms with Crippen molar-refractivity contribution in [3.8, 4) is 0 Å². The molecule has 0 aliphatic carbocycles. The fraction of sp³-hybridized carbons (Fsp3) is 1.00. The maximum atomic E-state index is 9.48. The van der Waals surface area contributed by atoms with Gasteiger partial charge in [-0.2, -0.15) is 12.8 Å². The molecule has 0 spiro atoms. The van der Waals surface area contributed by atoms with Gasteiger partial charge in [-0.3, -0.25) is 0 Å². The Morgan fingerprint density at radius 2 is 2.14 bits per heavy atom. The first-order valence-electron chi connectivity index (χ1n) is 1.65. The third-order valence-electron chi connectivity index (χ3n) is 0.297. The molecular weight excluding hydrogens is 118 g/mol. The van der Waals surface area contributed by atoms with Crippen molar-refractivity contribution >= 4 is 10.5 Å². The predicted octanol–water partition coefficient (Wildman–Crippen LogP) is -0.959. The Bertz CT molecular complexity index is 138. The van der Waals surface area contributed by atoms with E-state index in [9.17, 15) is 8.42 Å². The lowest BCUT2D eigenvalue weighted by atomic mass is 10.8. The van der Waals surface area contributed by atoms with Crippen LogP contribution >= 0.6 is 0 Å². The van der Waals surface area contributed by atoms with Crippen LogP contribution in [0.15, 0.2) is 4.36 Å². The van der Waals surface area contributed by atoms with Crippen LogP contribution in [-0.2, 0) is 10.5 Å². The van der Waals surface area contributed by atoms with Crippen LogP contribution in [0.25, 0.3) is 0 Å². The minimum Gasteiger partial charge on any atom is -0.394 e. The lowest BCUT2D eigenvalue weighted by Gasteiger charge is -1.72. The van der Waals surface area contributed by atoms with Crippen LogP contribution in [0.1, 0.15) is 0 Å². The number of hydrogen-bond donors (Lipinski definition) is 1. The van der Waals surface area contributed by atoms with E-state index in [2.05, 4.69) is 4.36 Å². The van der Waals surface area contributed by atoms with Gasteiger partial charge in [0.05, 0.1) is 13.2 Å². The van der Waals surface area contributed by atoms with Crippen molar-refractivity contribution in [1.29, 1.82) is 0 Å². The molecule has 0 fully saturated rings. The summed E-state index contributed by atoms with van der Waals surface area (Å²) < 4.78 is 21.9. The molecule has 0 saturated heterocycles. The van der Waals surface area contributed by atoms with Gasteiger partial charge in [-0.25, -0.2) is 0 Å². The van der Waals surface area contributed by atoms with Gasteiger partial charge in [0.1, 0.15) is 0 Å². The quantitative estimate of drug-likeness (QED) is 0.514. The molecule has 0 unspecified atom stereocenters. The summed E-state index contributed by atoms with van der Waals surface area (Å²) in [4.78, 5) is 0. The fourth-order valence-electron chi connectivity index (χ4n) is 0.115. The fourth-order valence-corrected chi connectivity index (χ4v) is 0.346. The highest BCUT2D eigenvalue weighted by Crippen LogP contribution is 1.61. The monoisotopic (exact) mass is 123 g/mol. The van der Waals surface area contributed by atoms with Crippen molar-refractivity contribution < 1.29 is 13.5 Å². The molecule has 5 heteroatoms. The molecule has 4 nitrogen and oxygen atoms in total. The molecule has 0 amide bonds. The number of nitrogens with zero attached hydrogens (tertiary/aromatic N) is 1. The molecule has 0 radical (unpaired) electrons. The lowest BCUT2D eigenvalue weighted by molar-refractivity contribution is 0.307. The standard InChI is InChI=1S/C2H5NO3S/c4-2-1-3-7(5)6/h4H,1-2H2. The molecular formula is C2H5NO3S. The predicted molar refractivity (Wildman–Crippen MR) is 23.3 cm³/mol. The SMILES string of the molecule is O=S(=O)=NCCO. The molecule has 0 heterocycles. The molecule has 1 N–H and O–H groups in total. The van der Waals surface area contributed by atoms with Crippen LogP contribution in [0, 0.1) is 0 Å². The lowest BCUT2D eigenvalue weighted by Crippen LogP contribution is -1.84. The first-order chi connectivity index (χ1) is 3.27. The number of aliphatic hydroxyl groups is 1. The first-order valence-corrected chi connectivity index (χ1v) is 2.68. The minimum absolute atomic E-state index is 0.0316. The Labute approximate surface area is 42.5 Å². The van der Waals surface area contributed by atoms with E-state index in [0.29, 0.717) is 0 Å². The summed E-state index contributed by atoms with van der Waals surface area (Å²) in [5.41, 5.74) is 0. The van der Waals surface area contributed by atoms with E-state index in [0.717, 1.165) is 0 Å². The van der Waals surface area contributed by atoms with Crippen molar-refractivity contribution in [2.75, 3.05) is 13.2 Å². The molecule has 0 rings (SSSR count). The Kier molecular flexibility index (Phi) is 3.53. The number of aliphatic hydroxyl groups excluding tert-OH is 1. The van der Waals surface area contributed by atoms with E-state index in [1.807, 2.05) is 0 Å². The van der Waals surface area contributed by atoms with Crippen molar-refractivity contribution in [3.05, 3.63) is 0 Å². The summed E-state index contributed by atoms with van der Waals surface area (Å²) in [7, 11) is -2.35. The van der Waals surface area contributed by atoms with E-state index >= 15 is 0 Å². The minimum atomic E-state index is -2.35. The second-order valence-corrected chi connectivity index (χ2v) is 1.49. The number of hydrogen-bond acceptors (Lipinski definition) is 4. The van der Waals surface area contributed by atoms with Crippen LogP contribution in [0.4, 0.5) is 0 Å². The summed E-state index contributed by atoms with van der Waals surface area (Å²) in [6, 6.07) is 0. The summed E-state index contributed by atoms with van der Waals surface area (Å²) >= 11 is 0. The van der Waals surface area contributed by atoms with Gasteiger partial charge in [-0.1, -0.05) is 0 Å². The smallest absolute Gasteiger partial charge is 0.311 e.